The van der Waals surface area contributed by atoms with Crippen LogP contribution in [0.25, 0.3) is 0 Å². The van der Waals surface area contributed by atoms with Crippen molar-refractivity contribution in [1.82, 2.24) is 14.9 Å². The second kappa shape index (κ2) is 12.0. The zero-order valence-electron chi connectivity index (χ0n) is 14.8. The van der Waals surface area contributed by atoms with E-state index in [0.29, 0.717) is 32.1 Å². The number of nitrogens with one attached hydrogen (secondary N) is 2. The molecular formula is C15H29IN4O2S2. The summed E-state index contributed by atoms with van der Waals surface area (Å²) in [6, 6.07) is 2.08. The Hall–Kier alpha value is -0.390. The highest BCUT2D eigenvalue weighted by Crippen LogP contribution is 2.16. The van der Waals surface area contributed by atoms with Gasteiger partial charge in [0.25, 0.3) is 0 Å². The van der Waals surface area contributed by atoms with Gasteiger partial charge in [0.05, 0.1) is 12.3 Å². The van der Waals surface area contributed by atoms with Crippen molar-refractivity contribution >= 4 is 51.3 Å². The Morgan fingerprint density at radius 1 is 1.25 bits per heavy atom. The van der Waals surface area contributed by atoms with E-state index in [1.165, 1.54) is 14.7 Å². The van der Waals surface area contributed by atoms with Crippen molar-refractivity contribution in [2.45, 2.75) is 34.2 Å². The lowest BCUT2D eigenvalue weighted by Gasteiger charge is -2.19. The van der Waals surface area contributed by atoms with E-state index in [-0.39, 0.29) is 29.7 Å². The van der Waals surface area contributed by atoms with Gasteiger partial charge in [-0.05, 0) is 30.9 Å². The van der Waals surface area contributed by atoms with Gasteiger partial charge in [0.2, 0.25) is 10.0 Å². The molecule has 6 nitrogen and oxygen atoms in total. The van der Waals surface area contributed by atoms with Crippen molar-refractivity contribution in [3.63, 3.8) is 0 Å². The molecule has 24 heavy (non-hydrogen) atoms. The molecule has 0 spiro atoms. The second-order valence-corrected chi connectivity index (χ2v) is 8.14. The average Bonchev–Trinajstić information content (AvgIpc) is 2.91. The Morgan fingerprint density at radius 2 is 1.92 bits per heavy atom. The summed E-state index contributed by atoms with van der Waals surface area (Å²) in [7, 11) is -3.21. The van der Waals surface area contributed by atoms with Crippen LogP contribution in [0.5, 0.6) is 0 Å². The fourth-order valence-electron chi connectivity index (χ4n) is 2.10. The lowest BCUT2D eigenvalue weighted by Crippen LogP contribution is -2.42. The molecule has 0 aliphatic carbocycles. The van der Waals surface area contributed by atoms with E-state index in [1.807, 2.05) is 20.8 Å². The van der Waals surface area contributed by atoms with Gasteiger partial charge in [-0.3, -0.25) is 0 Å². The fraction of sp³-hybridized carbons (Fsp3) is 0.667. The first-order valence-corrected chi connectivity index (χ1v) is 10.5. The van der Waals surface area contributed by atoms with Gasteiger partial charge >= 0.3 is 0 Å². The average molecular weight is 488 g/mol. The summed E-state index contributed by atoms with van der Waals surface area (Å²) < 4.78 is 25.8. The highest BCUT2D eigenvalue weighted by Gasteiger charge is 2.18. The third-order valence-corrected chi connectivity index (χ3v) is 6.48. The van der Waals surface area contributed by atoms with Crippen molar-refractivity contribution in [3.05, 3.63) is 21.9 Å². The van der Waals surface area contributed by atoms with Crippen LogP contribution in [0.4, 0.5) is 0 Å². The molecule has 9 heteroatoms. The number of halogens is 1. The van der Waals surface area contributed by atoms with Crippen LogP contribution in [-0.4, -0.2) is 50.6 Å². The van der Waals surface area contributed by atoms with Crippen LogP contribution in [-0.2, 0) is 16.6 Å². The van der Waals surface area contributed by atoms with Crippen molar-refractivity contribution < 1.29 is 8.42 Å². The summed E-state index contributed by atoms with van der Waals surface area (Å²) in [6.07, 6.45) is 0. The summed E-state index contributed by atoms with van der Waals surface area (Å²) in [5, 5.41) is 8.30. The molecule has 1 rings (SSSR count). The molecule has 0 aliphatic rings. The van der Waals surface area contributed by atoms with Gasteiger partial charge in [-0.15, -0.1) is 35.3 Å². The number of rotatable bonds is 9. The number of thiophene rings is 1. The van der Waals surface area contributed by atoms with Crippen LogP contribution in [0.2, 0.25) is 0 Å². The number of hydrogen-bond acceptors (Lipinski definition) is 4. The molecule has 0 fully saturated rings. The van der Waals surface area contributed by atoms with Crippen LogP contribution >= 0.6 is 35.3 Å². The first-order chi connectivity index (χ1) is 10.9. The van der Waals surface area contributed by atoms with Crippen molar-refractivity contribution in [2.24, 2.45) is 4.99 Å². The highest BCUT2D eigenvalue weighted by molar-refractivity contribution is 14.0. The molecule has 0 unspecified atom stereocenters. The molecule has 140 valence electrons. The van der Waals surface area contributed by atoms with Gasteiger partial charge < -0.3 is 10.6 Å². The summed E-state index contributed by atoms with van der Waals surface area (Å²) >= 11 is 1.68. The van der Waals surface area contributed by atoms with Crippen LogP contribution in [0.3, 0.4) is 0 Å². The Morgan fingerprint density at radius 3 is 2.42 bits per heavy atom. The van der Waals surface area contributed by atoms with Gasteiger partial charge in [-0.2, -0.15) is 0 Å². The van der Waals surface area contributed by atoms with Crippen LogP contribution in [0.15, 0.2) is 16.4 Å². The van der Waals surface area contributed by atoms with E-state index < -0.39 is 10.0 Å². The molecule has 0 aliphatic heterocycles. The first-order valence-electron chi connectivity index (χ1n) is 7.97. The minimum Gasteiger partial charge on any atom is -0.357 e. The van der Waals surface area contributed by atoms with Gasteiger partial charge in [0.15, 0.2) is 5.96 Å². The number of hydrogen-bond donors (Lipinski definition) is 2. The quantitative estimate of drug-likeness (QED) is 0.318. The second-order valence-electron chi connectivity index (χ2n) is 5.05. The molecule has 1 aromatic rings. The molecule has 0 radical (unpaired) electrons. The fourth-order valence-corrected chi connectivity index (χ4v) is 4.34. The summed E-state index contributed by atoms with van der Waals surface area (Å²) in [6.45, 7) is 10.4. The minimum atomic E-state index is -3.21. The first kappa shape index (κ1) is 23.6. The van der Waals surface area contributed by atoms with E-state index in [0.717, 1.165) is 6.54 Å². The largest absolute Gasteiger partial charge is 0.357 e. The molecule has 1 aromatic heterocycles. The topological polar surface area (TPSA) is 73.8 Å². The standard InChI is InChI=1S/C15H28N4O2S2.HI/c1-5-16-15(18-12-14-13(4)8-10-22-14)17-9-11-23(20,21)19(6-2)7-3;/h8,10H,5-7,9,11-12H2,1-4H3,(H2,16,17,18);1H. The monoisotopic (exact) mass is 488 g/mol. The Balaban J connectivity index is 0.00000529. The molecule has 2 N–H and O–H groups in total. The molecule has 1 heterocycles. The van der Waals surface area contributed by atoms with Crippen LogP contribution < -0.4 is 10.6 Å². The van der Waals surface area contributed by atoms with Crippen molar-refractivity contribution in [2.75, 3.05) is 31.9 Å². The number of nitrogens with zero attached hydrogens (tertiary/aromatic N) is 2. The number of guanidine groups is 1. The molecule has 0 atom stereocenters. The van der Waals surface area contributed by atoms with E-state index in [2.05, 4.69) is 34.0 Å². The third-order valence-electron chi connectivity index (χ3n) is 3.44. The normalized spacial score (nSPS) is 12.1. The maximum Gasteiger partial charge on any atom is 0.215 e. The molecule has 0 amide bonds. The molecular weight excluding hydrogens is 459 g/mol. The maximum atomic E-state index is 12.1. The number of aliphatic imine (C=N–C) groups is 1. The number of aryl methyl sites for hydroxylation is 1. The molecule has 0 saturated heterocycles. The van der Waals surface area contributed by atoms with Gasteiger partial charge in [-0.25, -0.2) is 17.7 Å². The Bertz CT molecular complexity index is 598. The summed E-state index contributed by atoms with van der Waals surface area (Å²) in [5.74, 6) is 0.715. The summed E-state index contributed by atoms with van der Waals surface area (Å²) in [4.78, 5) is 5.74. The maximum absolute atomic E-state index is 12.1. The van der Waals surface area contributed by atoms with Gasteiger partial charge in [0.1, 0.15) is 0 Å². The predicted molar refractivity (Wildman–Crippen MR) is 114 cm³/mol. The SMILES string of the molecule is CCNC(=NCc1sccc1C)NCCS(=O)(=O)N(CC)CC.I. The lowest BCUT2D eigenvalue weighted by atomic mass is 10.3. The Labute approximate surface area is 167 Å². The number of sulfonamides is 1. The predicted octanol–water partition coefficient (Wildman–Crippen LogP) is 2.40. The van der Waals surface area contributed by atoms with E-state index in [4.69, 9.17) is 0 Å². The minimum absolute atomic E-state index is 0. The molecule has 0 aromatic carbocycles. The van der Waals surface area contributed by atoms with Crippen molar-refractivity contribution in [3.8, 4) is 0 Å². The van der Waals surface area contributed by atoms with E-state index >= 15 is 0 Å². The van der Waals surface area contributed by atoms with E-state index in [9.17, 15) is 8.42 Å². The smallest absolute Gasteiger partial charge is 0.215 e. The molecule has 0 bridgehead atoms. The summed E-state index contributed by atoms with van der Waals surface area (Å²) in [5.41, 5.74) is 1.23. The van der Waals surface area contributed by atoms with E-state index in [1.54, 1.807) is 11.3 Å². The van der Waals surface area contributed by atoms with Gasteiger partial charge in [0, 0.05) is 31.1 Å². The highest BCUT2D eigenvalue weighted by atomic mass is 127. The van der Waals surface area contributed by atoms with Crippen molar-refractivity contribution in [1.29, 1.82) is 0 Å². The zero-order chi connectivity index (χ0) is 17.3. The van der Waals surface area contributed by atoms with Crippen LogP contribution in [0.1, 0.15) is 31.2 Å². The lowest BCUT2D eigenvalue weighted by molar-refractivity contribution is 0.445. The van der Waals surface area contributed by atoms with Gasteiger partial charge in [-0.1, -0.05) is 13.8 Å². The Kier molecular flexibility index (Phi) is 11.8. The zero-order valence-corrected chi connectivity index (χ0v) is 18.8. The molecule has 0 saturated carbocycles. The van der Waals surface area contributed by atoms with Crippen LogP contribution in [0, 0.1) is 6.92 Å². The third kappa shape index (κ3) is 7.66.